The molecule has 0 aliphatic heterocycles. The molecule has 0 aromatic carbocycles. The maximum absolute atomic E-state index is 13.1. The number of aliphatic hydroxyl groups excluding tert-OH is 1. The summed E-state index contributed by atoms with van der Waals surface area (Å²) in [6, 6.07) is 0. The van der Waals surface area contributed by atoms with Crippen molar-refractivity contribution in [2.45, 2.75) is 380 Å². The van der Waals surface area contributed by atoms with Gasteiger partial charge in [0.1, 0.15) is 19.3 Å². The van der Waals surface area contributed by atoms with Gasteiger partial charge in [0.25, 0.3) is 0 Å². The van der Waals surface area contributed by atoms with Crippen LogP contribution in [0.5, 0.6) is 0 Å². The van der Waals surface area contributed by atoms with E-state index in [1.54, 1.807) is 0 Å². The number of unbranched alkanes of at least 4 members (excludes halogenated alkanes) is 39. The molecule has 0 amide bonds. The molecule has 0 aromatic heterocycles. The Balaban J connectivity index is 5.34. The SMILES string of the molecule is CCCCCC=CCC=CCCCCCCCC(=O)OC[C@H](COP(=O)(O)OCC(O)COP(=O)(O)OC[C@@H](COC(=O)CCCCCCCC=CCCCCCCCC)OC(=O)CCCCCCCCCCCCCCC)OC(=O)CCCCCCCC=CCC=CCCCCC. The Kier molecular flexibility index (Phi) is 69.7. The van der Waals surface area contributed by atoms with Crippen LogP contribution in [0, 0.1) is 0 Å². The Morgan fingerprint density at radius 3 is 0.786 bits per heavy atom. The number of phosphoric acid groups is 2. The van der Waals surface area contributed by atoms with Crippen LogP contribution in [0.2, 0.25) is 0 Å². The minimum Gasteiger partial charge on any atom is -0.462 e. The van der Waals surface area contributed by atoms with Crippen molar-refractivity contribution in [3.63, 3.8) is 0 Å². The van der Waals surface area contributed by atoms with Crippen LogP contribution in [0.25, 0.3) is 0 Å². The highest BCUT2D eigenvalue weighted by Gasteiger charge is 2.30. The Bertz CT molecular complexity index is 2100. The normalized spacial score (nSPS) is 14.2. The topological polar surface area (TPSA) is 237 Å². The van der Waals surface area contributed by atoms with Gasteiger partial charge in [-0.15, -0.1) is 0 Å². The van der Waals surface area contributed by atoms with Crippen LogP contribution in [0.3, 0.4) is 0 Å². The zero-order valence-electron chi connectivity index (χ0n) is 62.5. The number of allylic oxidation sites excluding steroid dienone is 10. The van der Waals surface area contributed by atoms with Crippen LogP contribution in [-0.2, 0) is 65.4 Å². The molecule has 0 rings (SSSR count). The highest BCUT2D eigenvalue weighted by Crippen LogP contribution is 2.45. The fraction of sp³-hybridized carbons (Fsp3) is 0.823. The van der Waals surface area contributed by atoms with Gasteiger partial charge in [0.15, 0.2) is 12.2 Å². The highest BCUT2D eigenvalue weighted by molar-refractivity contribution is 7.47. The number of esters is 4. The lowest BCUT2D eigenvalue weighted by atomic mass is 10.0. The molecule has 0 heterocycles. The van der Waals surface area contributed by atoms with Crippen molar-refractivity contribution in [2.75, 3.05) is 39.6 Å². The second-order valence-electron chi connectivity index (χ2n) is 26.7. The molecule has 0 aliphatic carbocycles. The van der Waals surface area contributed by atoms with Crippen LogP contribution in [0.4, 0.5) is 0 Å². The quantitative estimate of drug-likeness (QED) is 0.0169. The molecule has 0 aliphatic rings. The number of rotatable bonds is 75. The van der Waals surface area contributed by atoms with Crippen molar-refractivity contribution >= 4 is 39.5 Å². The Labute approximate surface area is 597 Å². The number of aliphatic hydroxyl groups is 1. The van der Waals surface area contributed by atoms with Gasteiger partial charge in [0.2, 0.25) is 0 Å². The van der Waals surface area contributed by atoms with Gasteiger partial charge in [-0.2, -0.15) is 0 Å². The first kappa shape index (κ1) is 94.8. The third kappa shape index (κ3) is 71.2. The number of carbonyl (C=O) groups excluding carboxylic acids is 4. The summed E-state index contributed by atoms with van der Waals surface area (Å²) in [7, 11) is -9.94. The van der Waals surface area contributed by atoms with Crippen LogP contribution in [-0.4, -0.2) is 96.7 Å². The molecular weight excluding hydrogens is 1280 g/mol. The lowest BCUT2D eigenvalue weighted by Crippen LogP contribution is -2.30. The lowest BCUT2D eigenvalue weighted by Gasteiger charge is -2.21. The van der Waals surface area contributed by atoms with Crippen molar-refractivity contribution in [3.05, 3.63) is 60.8 Å². The summed E-state index contributed by atoms with van der Waals surface area (Å²) in [5.74, 6) is -2.18. The average molecular weight is 1430 g/mol. The second kappa shape index (κ2) is 72.1. The van der Waals surface area contributed by atoms with E-state index in [1.807, 2.05) is 0 Å². The van der Waals surface area contributed by atoms with Crippen LogP contribution < -0.4 is 0 Å². The zero-order valence-corrected chi connectivity index (χ0v) is 64.3. The Morgan fingerprint density at radius 1 is 0.286 bits per heavy atom. The molecule has 17 nitrogen and oxygen atoms in total. The fourth-order valence-electron chi connectivity index (χ4n) is 10.9. The molecule has 0 saturated carbocycles. The summed E-state index contributed by atoms with van der Waals surface area (Å²) in [6.45, 7) is 4.84. The smallest absolute Gasteiger partial charge is 0.462 e. The molecule has 0 aromatic rings. The van der Waals surface area contributed by atoms with E-state index in [9.17, 15) is 43.2 Å². The van der Waals surface area contributed by atoms with Gasteiger partial charge in [0, 0.05) is 25.7 Å². The largest absolute Gasteiger partial charge is 0.472 e. The first-order chi connectivity index (χ1) is 47.7. The monoisotopic (exact) mass is 1430 g/mol. The Hall–Kier alpha value is -3.24. The molecule has 0 saturated heterocycles. The van der Waals surface area contributed by atoms with Gasteiger partial charge in [0.05, 0.1) is 26.4 Å². The van der Waals surface area contributed by atoms with Crippen LogP contribution in [0.15, 0.2) is 60.8 Å². The molecule has 572 valence electrons. The van der Waals surface area contributed by atoms with E-state index < -0.39 is 97.5 Å². The predicted molar refractivity (Wildman–Crippen MR) is 400 cm³/mol. The maximum Gasteiger partial charge on any atom is 0.472 e. The van der Waals surface area contributed by atoms with Gasteiger partial charge in [-0.1, -0.05) is 281 Å². The summed E-state index contributed by atoms with van der Waals surface area (Å²) < 4.78 is 68.5. The fourth-order valence-corrected chi connectivity index (χ4v) is 12.4. The summed E-state index contributed by atoms with van der Waals surface area (Å²) >= 11 is 0. The molecule has 0 bridgehead atoms. The number of hydrogen-bond donors (Lipinski definition) is 3. The molecule has 3 unspecified atom stereocenters. The molecule has 3 N–H and O–H groups in total. The molecule has 19 heteroatoms. The minimum atomic E-state index is -4.98. The predicted octanol–water partition coefficient (Wildman–Crippen LogP) is 22.7. The third-order valence-corrected chi connectivity index (χ3v) is 18.9. The molecular formula is C79H144O17P2. The average Bonchev–Trinajstić information content (AvgIpc) is 1.04. The lowest BCUT2D eigenvalue weighted by molar-refractivity contribution is -0.161. The number of phosphoric ester groups is 2. The second-order valence-corrected chi connectivity index (χ2v) is 29.6. The molecule has 98 heavy (non-hydrogen) atoms. The van der Waals surface area contributed by atoms with Crippen molar-refractivity contribution in [2.24, 2.45) is 0 Å². The zero-order chi connectivity index (χ0) is 71.8. The van der Waals surface area contributed by atoms with Gasteiger partial charge >= 0.3 is 39.5 Å². The summed E-state index contributed by atoms with van der Waals surface area (Å²) in [5.41, 5.74) is 0. The van der Waals surface area contributed by atoms with E-state index in [0.29, 0.717) is 25.7 Å². The first-order valence-corrected chi connectivity index (χ1v) is 42.5. The first-order valence-electron chi connectivity index (χ1n) is 39.5. The standard InChI is InChI=1S/C79H144O17P2/c1-5-9-13-17-21-25-29-33-36-40-43-47-51-55-59-63-76(81)89-69-74(95-78(83)65-61-57-53-49-45-39-32-28-24-20-16-12-8-4)71-93-97(85,86)91-67-73(80)68-92-98(87,88)94-72-75(96-79(84)66-62-58-54-50-46-42-38-35-31-27-23-19-15-11-7-3)70-90-77(82)64-60-56-52-48-44-41-37-34-30-26-22-18-14-10-6-2/h22-23,26-27,33-38,73-75,80H,5-21,24-25,28-32,39-72H2,1-4H3,(H,85,86)(H,87,88)/t73?,74-,75-/m1/s1. The van der Waals surface area contributed by atoms with Gasteiger partial charge in [-0.25, -0.2) is 9.13 Å². The van der Waals surface area contributed by atoms with Gasteiger partial charge < -0.3 is 33.8 Å². The van der Waals surface area contributed by atoms with Crippen molar-refractivity contribution in [1.29, 1.82) is 0 Å². The van der Waals surface area contributed by atoms with E-state index in [1.165, 1.54) is 128 Å². The van der Waals surface area contributed by atoms with Gasteiger partial charge in [-0.05, 0) is 116 Å². The van der Waals surface area contributed by atoms with E-state index in [0.717, 1.165) is 154 Å². The number of ether oxygens (including phenoxy) is 4. The minimum absolute atomic E-state index is 0.0792. The van der Waals surface area contributed by atoms with Gasteiger partial charge in [-0.3, -0.25) is 37.3 Å². The molecule has 0 radical (unpaired) electrons. The van der Waals surface area contributed by atoms with Crippen molar-refractivity contribution < 1.29 is 80.2 Å². The number of carbonyl (C=O) groups is 4. The number of hydrogen-bond acceptors (Lipinski definition) is 15. The van der Waals surface area contributed by atoms with E-state index in [2.05, 4.69) is 88.5 Å². The summed E-state index contributed by atoms with van der Waals surface area (Å²) in [5, 5.41) is 10.6. The summed E-state index contributed by atoms with van der Waals surface area (Å²) in [4.78, 5) is 72.9. The van der Waals surface area contributed by atoms with E-state index in [-0.39, 0.29) is 25.7 Å². The summed E-state index contributed by atoms with van der Waals surface area (Å²) in [6.07, 6.45) is 70.5. The molecule has 0 fully saturated rings. The van der Waals surface area contributed by atoms with Crippen molar-refractivity contribution in [3.8, 4) is 0 Å². The van der Waals surface area contributed by atoms with Crippen LogP contribution >= 0.6 is 15.6 Å². The third-order valence-electron chi connectivity index (χ3n) is 17.0. The molecule has 0 spiro atoms. The van der Waals surface area contributed by atoms with Crippen molar-refractivity contribution in [1.82, 2.24) is 0 Å². The van der Waals surface area contributed by atoms with Crippen LogP contribution in [0.1, 0.15) is 362 Å². The van der Waals surface area contributed by atoms with E-state index >= 15 is 0 Å². The molecule has 5 atom stereocenters. The van der Waals surface area contributed by atoms with E-state index in [4.69, 9.17) is 37.0 Å². The Morgan fingerprint density at radius 2 is 0.500 bits per heavy atom. The maximum atomic E-state index is 13.1. The highest BCUT2D eigenvalue weighted by atomic mass is 31.2.